The minimum atomic E-state index is -1.83. The third-order valence-corrected chi connectivity index (χ3v) is 1.15. The Morgan fingerprint density at radius 3 is 2.67 bits per heavy atom. The Balaban J connectivity index is 2.88. The predicted octanol–water partition coefficient (Wildman–Crippen LogP) is 1.14. The van der Waals surface area contributed by atoms with Crippen molar-refractivity contribution < 1.29 is 4.92 Å². The summed E-state index contributed by atoms with van der Waals surface area (Å²) in [6, 6.07) is 0. The van der Waals surface area contributed by atoms with Gasteiger partial charge in [-0.15, -0.1) is 0 Å². The van der Waals surface area contributed by atoms with Crippen LogP contribution in [0.1, 0.15) is 0 Å². The number of hydrogen-bond acceptors (Lipinski definition) is 4. The van der Waals surface area contributed by atoms with E-state index in [9.17, 15) is 10.1 Å². The molecule has 1 rings (SSSR count). The van der Waals surface area contributed by atoms with Gasteiger partial charge in [0.15, 0.2) is 0 Å². The zero-order valence-corrected chi connectivity index (χ0v) is 4.95. The zero-order valence-electron chi connectivity index (χ0n) is 4.19. The highest BCUT2D eigenvalue weighted by molar-refractivity contribution is 6.23. The van der Waals surface area contributed by atoms with Crippen LogP contribution in [0.4, 0.5) is 0 Å². The SMILES string of the molecule is O=[N+]([O-])C1(Cl)C=CN=N1. The van der Waals surface area contributed by atoms with Crippen molar-refractivity contribution >= 4 is 11.6 Å². The van der Waals surface area contributed by atoms with Crippen molar-refractivity contribution in [2.75, 3.05) is 0 Å². The molecular weight excluding hydrogens is 146 g/mol. The van der Waals surface area contributed by atoms with Gasteiger partial charge in [-0.2, -0.15) is 5.11 Å². The molecule has 0 saturated carbocycles. The average molecular weight is 148 g/mol. The van der Waals surface area contributed by atoms with Gasteiger partial charge in [0.05, 0.1) is 17.2 Å². The fourth-order valence-corrected chi connectivity index (χ4v) is 0.473. The zero-order chi connectivity index (χ0) is 6.91. The maximum atomic E-state index is 9.99. The summed E-state index contributed by atoms with van der Waals surface area (Å²) >= 11 is 5.26. The molecular formula is C3H2ClN3O2. The van der Waals surface area contributed by atoms with Gasteiger partial charge >= 0.3 is 5.12 Å². The van der Waals surface area contributed by atoms with Gasteiger partial charge in [0.2, 0.25) is 0 Å². The van der Waals surface area contributed by atoms with Gasteiger partial charge in [0.1, 0.15) is 0 Å². The quantitative estimate of drug-likeness (QED) is 0.242. The van der Waals surface area contributed by atoms with E-state index in [1.807, 2.05) is 0 Å². The Bertz CT molecular complexity index is 187. The molecule has 0 radical (unpaired) electrons. The molecule has 1 atom stereocenters. The molecule has 6 heteroatoms. The van der Waals surface area contributed by atoms with E-state index in [1.165, 1.54) is 6.20 Å². The molecule has 1 aliphatic rings. The van der Waals surface area contributed by atoms with Crippen molar-refractivity contribution in [3.8, 4) is 0 Å². The molecule has 0 saturated heterocycles. The van der Waals surface area contributed by atoms with E-state index in [0.29, 0.717) is 0 Å². The van der Waals surface area contributed by atoms with E-state index in [2.05, 4.69) is 10.2 Å². The van der Waals surface area contributed by atoms with E-state index in [-0.39, 0.29) is 0 Å². The molecule has 1 heterocycles. The lowest BCUT2D eigenvalue weighted by molar-refractivity contribution is -0.526. The molecule has 0 fully saturated rings. The Labute approximate surface area is 55.2 Å². The first-order chi connectivity index (χ1) is 4.15. The van der Waals surface area contributed by atoms with Crippen LogP contribution in [-0.2, 0) is 0 Å². The molecule has 0 amide bonds. The van der Waals surface area contributed by atoms with Gasteiger partial charge < -0.3 is 0 Å². The second kappa shape index (κ2) is 1.77. The Hall–Kier alpha value is -0.970. The van der Waals surface area contributed by atoms with Crippen molar-refractivity contribution in [2.45, 2.75) is 5.12 Å². The van der Waals surface area contributed by atoms with Crippen molar-refractivity contribution in [3.05, 3.63) is 22.4 Å². The van der Waals surface area contributed by atoms with Gasteiger partial charge in [-0.1, -0.05) is 5.11 Å². The first-order valence-electron chi connectivity index (χ1n) is 2.08. The molecule has 1 unspecified atom stereocenters. The summed E-state index contributed by atoms with van der Waals surface area (Å²) in [7, 11) is 0. The Morgan fingerprint density at radius 2 is 2.44 bits per heavy atom. The van der Waals surface area contributed by atoms with Gasteiger partial charge in [-0.3, -0.25) is 10.1 Å². The van der Waals surface area contributed by atoms with Crippen LogP contribution in [0.5, 0.6) is 0 Å². The van der Waals surface area contributed by atoms with E-state index in [1.54, 1.807) is 0 Å². The number of nitrogens with zero attached hydrogens (tertiary/aromatic N) is 3. The minimum absolute atomic E-state index is 0.721. The van der Waals surface area contributed by atoms with Crippen LogP contribution in [0.25, 0.3) is 0 Å². The molecule has 0 N–H and O–H groups in total. The summed E-state index contributed by atoms with van der Waals surface area (Å²) in [4.78, 5) is 9.27. The minimum Gasteiger partial charge on any atom is -0.261 e. The van der Waals surface area contributed by atoms with Crippen LogP contribution in [0.3, 0.4) is 0 Å². The standard InChI is InChI=1S/C3H2ClN3O2/c4-3(7(8)9)1-2-5-6-3/h1-2H. The first kappa shape index (κ1) is 6.15. The summed E-state index contributed by atoms with van der Waals surface area (Å²) < 4.78 is 0. The number of alkyl halides is 1. The molecule has 0 aromatic rings. The number of azo groups is 1. The smallest absolute Gasteiger partial charge is 0.261 e. The number of halogens is 1. The molecule has 0 aromatic heterocycles. The van der Waals surface area contributed by atoms with Crippen molar-refractivity contribution in [1.82, 2.24) is 0 Å². The van der Waals surface area contributed by atoms with Crippen LogP contribution in [-0.4, -0.2) is 10.0 Å². The molecule has 9 heavy (non-hydrogen) atoms. The molecule has 1 aliphatic heterocycles. The van der Waals surface area contributed by atoms with E-state index >= 15 is 0 Å². The second-order valence-electron chi connectivity index (χ2n) is 1.42. The van der Waals surface area contributed by atoms with E-state index < -0.39 is 10.0 Å². The largest absolute Gasteiger partial charge is 0.428 e. The number of hydrogen-bond donors (Lipinski definition) is 0. The summed E-state index contributed by atoms with van der Waals surface area (Å²) in [6.07, 6.45) is 2.30. The van der Waals surface area contributed by atoms with Crippen LogP contribution in [0.2, 0.25) is 0 Å². The Morgan fingerprint density at radius 1 is 1.78 bits per heavy atom. The normalized spacial score (nSPS) is 31.2. The van der Waals surface area contributed by atoms with Crippen molar-refractivity contribution in [1.29, 1.82) is 0 Å². The molecule has 0 aromatic carbocycles. The van der Waals surface area contributed by atoms with Crippen molar-refractivity contribution in [3.63, 3.8) is 0 Å². The summed E-state index contributed by atoms with van der Waals surface area (Å²) in [5.41, 5.74) is 0. The summed E-state index contributed by atoms with van der Waals surface area (Å²) in [5.74, 6) is 0. The topological polar surface area (TPSA) is 67.9 Å². The maximum absolute atomic E-state index is 9.99. The van der Waals surface area contributed by atoms with Crippen molar-refractivity contribution in [2.24, 2.45) is 10.2 Å². The Kier molecular flexibility index (Phi) is 1.21. The highest BCUT2D eigenvalue weighted by Gasteiger charge is 2.39. The van der Waals surface area contributed by atoms with Crippen LogP contribution >= 0.6 is 11.6 Å². The monoisotopic (exact) mass is 147 g/mol. The van der Waals surface area contributed by atoms with E-state index in [4.69, 9.17) is 11.6 Å². The van der Waals surface area contributed by atoms with Crippen LogP contribution in [0.15, 0.2) is 22.5 Å². The maximum Gasteiger partial charge on any atom is 0.428 e. The van der Waals surface area contributed by atoms with Gasteiger partial charge in [-0.25, -0.2) is 0 Å². The number of nitro groups is 1. The molecule has 0 bridgehead atoms. The lowest BCUT2D eigenvalue weighted by atomic mass is 10.5. The van der Waals surface area contributed by atoms with Crippen LogP contribution in [0, 0.1) is 10.1 Å². The molecule has 48 valence electrons. The van der Waals surface area contributed by atoms with Crippen LogP contribution < -0.4 is 0 Å². The molecule has 5 nitrogen and oxygen atoms in total. The fraction of sp³-hybridized carbons (Fsp3) is 0.333. The first-order valence-corrected chi connectivity index (χ1v) is 2.46. The summed E-state index contributed by atoms with van der Waals surface area (Å²) in [5, 5.41) is 14.5. The molecule has 0 spiro atoms. The lowest BCUT2D eigenvalue weighted by Crippen LogP contribution is -2.24. The highest BCUT2D eigenvalue weighted by atomic mass is 35.5. The third-order valence-electron chi connectivity index (χ3n) is 0.807. The number of rotatable bonds is 1. The lowest BCUT2D eigenvalue weighted by Gasteiger charge is -2.00. The van der Waals surface area contributed by atoms with Gasteiger partial charge in [0.25, 0.3) is 0 Å². The van der Waals surface area contributed by atoms with Gasteiger partial charge in [0, 0.05) is 0 Å². The predicted molar refractivity (Wildman–Crippen MR) is 29.6 cm³/mol. The van der Waals surface area contributed by atoms with Gasteiger partial charge in [-0.05, 0) is 11.6 Å². The fourth-order valence-electron chi connectivity index (χ4n) is 0.373. The molecule has 0 aliphatic carbocycles. The third kappa shape index (κ3) is 0.904. The highest BCUT2D eigenvalue weighted by Crippen LogP contribution is 2.24. The van der Waals surface area contributed by atoms with E-state index in [0.717, 1.165) is 6.08 Å². The average Bonchev–Trinajstić information content (AvgIpc) is 2.16. The second-order valence-corrected chi connectivity index (χ2v) is 1.98. The summed E-state index contributed by atoms with van der Waals surface area (Å²) in [6.45, 7) is 0.